The van der Waals surface area contributed by atoms with Crippen LogP contribution in [0, 0.1) is 0 Å². The third kappa shape index (κ3) is 5.55. The molecule has 1 saturated carbocycles. The molecule has 0 bridgehead atoms. The molecule has 0 radical (unpaired) electrons. The second kappa shape index (κ2) is 8.54. The molecule has 0 heterocycles. The zero-order chi connectivity index (χ0) is 19.3. The highest BCUT2D eigenvalue weighted by molar-refractivity contribution is 7.89. The van der Waals surface area contributed by atoms with Gasteiger partial charge in [0.15, 0.2) is 0 Å². The fourth-order valence-electron chi connectivity index (χ4n) is 2.47. The highest BCUT2D eigenvalue weighted by Gasteiger charge is 2.28. The number of amides is 1. The van der Waals surface area contributed by atoms with Gasteiger partial charge in [-0.1, -0.05) is 19.4 Å². The summed E-state index contributed by atoms with van der Waals surface area (Å²) < 4.78 is 32.8. The first-order valence-corrected chi connectivity index (χ1v) is 10.6. The fourth-order valence-corrected chi connectivity index (χ4v) is 3.82. The Kier molecular flexibility index (Phi) is 6.13. The number of benzene rings is 2. The van der Waals surface area contributed by atoms with E-state index in [0.717, 1.165) is 31.4 Å². The summed E-state index contributed by atoms with van der Waals surface area (Å²) >= 11 is 0. The molecule has 2 aromatic carbocycles. The van der Waals surface area contributed by atoms with Crippen LogP contribution in [0.15, 0.2) is 53.4 Å². The van der Waals surface area contributed by atoms with Crippen LogP contribution in [0.4, 0.5) is 5.69 Å². The van der Waals surface area contributed by atoms with Crippen LogP contribution in [0.25, 0.3) is 0 Å². The molecule has 1 amide bonds. The van der Waals surface area contributed by atoms with Crippen molar-refractivity contribution in [2.75, 3.05) is 11.9 Å². The minimum Gasteiger partial charge on any atom is -0.494 e. The van der Waals surface area contributed by atoms with E-state index in [1.807, 2.05) is 0 Å². The summed E-state index contributed by atoms with van der Waals surface area (Å²) in [6.07, 6.45) is 3.78. The Morgan fingerprint density at radius 1 is 1.15 bits per heavy atom. The van der Waals surface area contributed by atoms with Crippen LogP contribution in [0.2, 0.25) is 0 Å². The Balaban J connectivity index is 1.64. The quantitative estimate of drug-likeness (QED) is 0.643. The largest absolute Gasteiger partial charge is 0.494 e. The van der Waals surface area contributed by atoms with Crippen LogP contribution in [-0.2, 0) is 10.0 Å². The number of unbranched alkanes of at least 4 members (excludes halogenated alkanes) is 1. The van der Waals surface area contributed by atoms with Crippen molar-refractivity contribution in [2.45, 2.75) is 43.5 Å². The number of carbonyl (C=O) groups is 1. The second-order valence-corrected chi connectivity index (χ2v) is 8.32. The van der Waals surface area contributed by atoms with Crippen molar-refractivity contribution >= 4 is 21.6 Å². The number of rotatable bonds is 9. The summed E-state index contributed by atoms with van der Waals surface area (Å²) in [6, 6.07) is 13.2. The van der Waals surface area contributed by atoms with Crippen molar-refractivity contribution in [2.24, 2.45) is 0 Å². The number of hydrogen-bond donors (Lipinski definition) is 2. The summed E-state index contributed by atoms with van der Waals surface area (Å²) in [4.78, 5) is 12.6. The summed E-state index contributed by atoms with van der Waals surface area (Å²) in [7, 11) is -3.55. The SMILES string of the molecule is CCCCOc1ccc(C(=O)Nc2cccc(S(=O)(=O)NC3CC3)c2)cc1. The van der Waals surface area contributed by atoms with Crippen LogP contribution < -0.4 is 14.8 Å². The number of hydrogen-bond acceptors (Lipinski definition) is 4. The molecule has 1 aliphatic carbocycles. The molecular formula is C20H24N2O4S. The van der Waals surface area contributed by atoms with Gasteiger partial charge in [0.05, 0.1) is 11.5 Å². The van der Waals surface area contributed by atoms with Crippen molar-refractivity contribution in [3.05, 3.63) is 54.1 Å². The van der Waals surface area contributed by atoms with Gasteiger partial charge in [-0.2, -0.15) is 0 Å². The maximum absolute atomic E-state index is 12.4. The van der Waals surface area contributed by atoms with Gasteiger partial charge in [-0.05, 0) is 61.7 Å². The minimum atomic E-state index is -3.55. The monoisotopic (exact) mass is 388 g/mol. The van der Waals surface area contributed by atoms with Gasteiger partial charge in [0.25, 0.3) is 5.91 Å². The van der Waals surface area contributed by atoms with Crippen molar-refractivity contribution in [1.29, 1.82) is 0 Å². The zero-order valence-corrected chi connectivity index (χ0v) is 16.1. The van der Waals surface area contributed by atoms with Crippen molar-refractivity contribution in [3.8, 4) is 5.75 Å². The molecule has 2 aromatic rings. The van der Waals surface area contributed by atoms with E-state index in [2.05, 4.69) is 17.0 Å². The number of nitrogens with one attached hydrogen (secondary N) is 2. The molecule has 0 atom stereocenters. The first kappa shape index (κ1) is 19.4. The van der Waals surface area contributed by atoms with E-state index in [0.29, 0.717) is 17.9 Å². The number of sulfonamides is 1. The van der Waals surface area contributed by atoms with Gasteiger partial charge in [-0.3, -0.25) is 4.79 Å². The molecule has 144 valence electrons. The molecule has 0 aromatic heterocycles. The molecule has 6 nitrogen and oxygen atoms in total. The zero-order valence-electron chi connectivity index (χ0n) is 15.3. The Morgan fingerprint density at radius 2 is 1.89 bits per heavy atom. The van der Waals surface area contributed by atoms with Gasteiger partial charge in [0.1, 0.15) is 5.75 Å². The summed E-state index contributed by atoms with van der Waals surface area (Å²) in [5.41, 5.74) is 0.907. The average molecular weight is 388 g/mol. The van der Waals surface area contributed by atoms with E-state index < -0.39 is 10.0 Å². The third-order valence-electron chi connectivity index (χ3n) is 4.18. The van der Waals surface area contributed by atoms with E-state index in [1.165, 1.54) is 12.1 Å². The Hall–Kier alpha value is -2.38. The first-order valence-electron chi connectivity index (χ1n) is 9.14. The number of carbonyl (C=O) groups excluding carboxylic acids is 1. The van der Waals surface area contributed by atoms with Crippen molar-refractivity contribution in [3.63, 3.8) is 0 Å². The highest BCUT2D eigenvalue weighted by atomic mass is 32.2. The lowest BCUT2D eigenvalue weighted by Crippen LogP contribution is -2.25. The smallest absolute Gasteiger partial charge is 0.255 e. The molecule has 7 heteroatoms. The second-order valence-electron chi connectivity index (χ2n) is 6.60. The molecule has 1 fully saturated rings. The molecule has 0 aliphatic heterocycles. The standard InChI is InChI=1S/C20H24N2O4S/c1-2-3-13-26-18-11-7-15(8-12-18)20(23)21-17-5-4-6-19(14-17)27(24,25)22-16-9-10-16/h4-8,11-12,14,16,22H,2-3,9-10,13H2,1H3,(H,21,23). The molecule has 0 unspecified atom stereocenters. The maximum Gasteiger partial charge on any atom is 0.255 e. The molecule has 27 heavy (non-hydrogen) atoms. The van der Waals surface area contributed by atoms with E-state index in [9.17, 15) is 13.2 Å². The van der Waals surface area contributed by atoms with Gasteiger partial charge in [0, 0.05) is 17.3 Å². The van der Waals surface area contributed by atoms with Gasteiger partial charge < -0.3 is 10.1 Å². The average Bonchev–Trinajstić information content (AvgIpc) is 3.46. The summed E-state index contributed by atoms with van der Waals surface area (Å²) in [5, 5.41) is 2.74. The van der Waals surface area contributed by atoms with E-state index in [4.69, 9.17) is 4.74 Å². The van der Waals surface area contributed by atoms with Crippen LogP contribution in [0.5, 0.6) is 5.75 Å². The van der Waals surface area contributed by atoms with E-state index in [1.54, 1.807) is 36.4 Å². The summed E-state index contributed by atoms with van der Waals surface area (Å²) in [5.74, 6) is 0.416. The Morgan fingerprint density at radius 3 is 2.56 bits per heavy atom. The highest BCUT2D eigenvalue weighted by Crippen LogP contribution is 2.23. The summed E-state index contributed by atoms with van der Waals surface area (Å²) in [6.45, 7) is 2.75. The molecule has 2 N–H and O–H groups in total. The van der Waals surface area contributed by atoms with Crippen LogP contribution in [0.1, 0.15) is 43.0 Å². The van der Waals surface area contributed by atoms with E-state index in [-0.39, 0.29) is 16.8 Å². The first-order chi connectivity index (χ1) is 13.0. The number of ether oxygens (including phenoxy) is 1. The molecular weight excluding hydrogens is 364 g/mol. The van der Waals surface area contributed by atoms with Gasteiger partial charge in [-0.15, -0.1) is 0 Å². The minimum absolute atomic E-state index is 0.0336. The lowest BCUT2D eigenvalue weighted by atomic mass is 10.2. The maximum atomic E-state index is 12.4. The molecule has 0 spiro atoms. The predicted molar refractivity (Wildman–Crippen MR) is 105 cm³/mol. The van der Waals surface area contributed by atoms with Crippen molar-refractivity contribution in [1.82, 2.24) is 4.72 Å². The predicted octanol–water partition coefficient (Wildman–Crippen LogP) is 3.56. The number of anilines is 1. The van der Waals surface area contributed by atoms with Crippen LogP contribution in [-0.4, -0.2) is 27.0 Å². The molecule has 3 rings (SSSR count). The van der Waals surface area contributed by atoms with Gasteiger partial charge >= 0.3 is 0 Å². The lowest BCUT2D eigenvalue weighted by Gasteiger charge is -2.10. The molecule has 1 aliphatic rings. The van der Waals surface area contributed by atoms with E-state index >= 15 is 0 Å². The Labute approximate surface area is 160 Å². The van der Waals surface area contributed by atoms with Crippen LogP contribution in [0.3, 0.4) is 0 Å². The molecule has 0 saturated heterocycles. The lowest BCUT2D eigenvalue weighted by molar-refractivity contribution is 0.102. The van der Waals surface area contributed by atoms with Crippen LogP contribution >= 0.6 is 0 Å². The van der Waals surface area contributed by atoms with Gasteiger partial charge in [-0.25, -0.2) is 13.1 Å². The van der Waals surface area contributed by atoms with Crippen molar-refractivity contribution < 1.29 is 17.9 Å². The Bertz CT molecular complexity index is 890. The third-order valence-corrected chi connectivity index (χ3v) is 5.70. The van der Waals surface area contributed by atoms with Gasteiger partial charge in [0.2, 0.25) is 10.0 Å². The normalized spacial score (nSPS) is 14.0. The fraction of sp³-hybridized carbons (Fsp3) is 0.350. The topological polar surface area (TPSA) is 84.5 Å².